The molecule has 10 heteroatoms. The van der Waals surface area contributed by atoms with Gasteiger partial charge in [-0.3, -0.25) is 4.79 Å². The molecule has 138 valence electrons. The van der Waals surface area contributed by atoms with Crippen molar-refractivity contribution in [3.63, 3.8) is 0 Å². The summed E-state index contributed by atoms with van der Waals surface area (Å²) in [5, 5.41) is 3.00. The van der Waals surface area contributed by atoms with Crippen LogP contribution in [-0.2, 0) is 31.5 Å². The minimum Gasteiger partial charge on any atom is -0.462 e. The lowest BCUT2D eigenvalue weighted by molar-refractivity contribution is -0.120. The number of nitrogens with one attached hydrogen (secondary N) is 1. The summed E-state index contributed by atoms with van der Waals surface area (Å²) in [5.74, 6) is -1.13. The first-order chi connectivity index (χ1) is 11.5. The normalized spacial score (nSPS) is 25.8. The molecule has 1 N–H and O–H groups in total. The first kappa shape index (κ1) is 18.9. The first-order valence-electron chi connectivity index (χ1n) is 7.72. The van der Waals surface area contributed by atoms with Crippen LogP contribution < -0.4 is 5.32 Å². The number of halogens is 2. The zero-order chi connectivity index (χ0) is 18.6. The van der Waals surface area contributed by atoms with E-state index in [0.29, 0.717) is 21.9 Å². The maximum absolute atomic E-state index is 12.5. The fraction of sp³-hybridized carbons (Fsp3) is 0.600. The van der Waals surface area contributed by atoms with E-state index >= 15 is 0 Å². The van der Waals surface area contributed by atoms with E-state index in [1.54, 1.807) is 13.8 Å². The Balaban J connectivity index is 1.97. The Morgan fingerprint density at radius 3 is 2.56 bits per heavy atom. The van der Waals surface area contributed by atoms with Gasteiger partial charge in [-0.2, -0.15) is 0 Å². The van der Waals surface area contributed by atoms with E-state index in [1.165, 1.54) is 0 Å². The van der Waals surface area contributed by atoms with Crippen LogP contribution in [0.3, 0.4) is 0 Å². The molecule has 1 atom stereocenters. The smallest absolute Gasteiger partial charge is 0.341 e. The number of ether oxygens (including phenoxy) is 1. The van der Waals surface area contributed by atoms with Crippen LogP contribution in [0.4, 0.5) is 5.00 Å². The van der Waals surface area contributed by atoms with Crippen molar-refractivity contribution >= 4 is 61.3 Å². The van der Waals surface area contributed by atoms with Gasteiger partial charge >= 0.3 is 5.97 Å². The Bertz CT molecular complexity index is 862. The summed E-state index contributed by atoms with van der Waals surface area (Å²) in [4.78, 5) is 25.5. The molecule has 0 spiro atoms. The number of hydrogen-bond donors (Lipinski definition) is 1. The summed E-state index contributed by atoms with van der Waals surface area (Å²) in [6.45, 7) is 3.50. The van der Waals surface area contributed by atoms with Gasteiger partial charge in [-0.05, 0) is 32.3 Å². The van der Waals surface area contributed by atoms with E-state index in [9.17, 15) is 18.0 Å². The Morgan fingerprint density at radius 1 is 1.36 bits per heavy atom. The predicted molar refractivity (Wildman–Crippen MR) is 97.3 cm³/mol. The average molecular weight is 426 g/mol. The summed E-state index contributed by atoms with van der Waals surface area (Å²) in [6.07, 6.45) is 0.535. The number of anilines is 1. The van der Waals surface area contributed by atoms with Crippen LogP contribution >= 0.6 is 34.5 Å². The van der Waals surface area contributed by atoms with E-state index in [4.69, 9.17) is 27.9 Å². The lowest BCUT2D eigenvalue weighted by Gasteiger charge is -2.14. The second-order valence-electron chi connectivity index (χ2n) is 6.44. The van der Waals surface area contributed by atoms with Gasteiger partial charge in [0, 0.05) is 4.88 Å². The van der Waals surface area contributed by atoms with E-state index in [2.05, 4.69) is 5.32 Å². The van der Waals surface area contributed by atoms with Crippen molar-refractivity contribution in [2.75, 3.05) is 17.7 Å². The Kier molecular flexibility index (Phi) is 4.63. The third-order valence-electron chi connectivity index (χ3n) is 4.57. The standard InChI is InChI=1S/C15H17Cl2NO5S2/c1-3-23-12(19)10-8-4-5-25(21,22)6-9(8)24-11(10)18-13(20)14(2)7-15(14,16)17/h3-7H2,1-2H3,(H,18,20). The zero-order valence-electron chi connectivity index (χ0n) is 13.6. The third-order valence-corrected chi connectivity index (χ3v) is 8.56. The highest BCUT2D eigenvalue weighted by atomic mass is 35.5. The summed E-state index contributed by atoms with van der Waals surface area (Å²) in [7, 11) is -3.20. The van der Waals surface area contributed by atoms with Crippen LogP contribution in [0.5, 0.6) is 0 Å². The molecule has 0 radical (unpaired) electrons. The van der Waals surface area contributed by atoms with Gasteiger partial charge in [-0.1, -0.05) is 0 Å². The van der Waals surface area contributed by atoms with Gasteiger partial charge in [0.2, 0.25) is 5.91 Å². The molecule has 1 unspecified atom stereocenters. The molecule has 0 aromatic carbocycles. The molecule has 1 amide bonds. The fourth-order valence-electron chi connectivity index (χ4n) is 2.82. The number of fused-ring (bicyclic) bond motifs is 1. The number of hydrogen-bond acceptors (Lipinski definition) is 6. The van der Waals surface area contributed by atoms with E-state index in [0.717, 1.165) is 11.3 Å². The first-order valence-corrected chi connectivity index (χ1v) is 11.1. The van der Waals surface area contributed by atoms with Crippen molar-refractivity contribution in [3.8, 4) is 0 Å². The Morgan fingerprint density at radius 2 is 2.00 bits per heavy atom. The van der Waals surface area contributed by atoms with Crippen LogP contribution in [0.25, 0.3) is 0 Å². The van der Waals surface area contributed by atoms with Crippen LogP contribution in [0.15, 0.2) is 0 Å². The van der Waals surface area contributed by atoms with Gasteiger partial charge in [0.25, 0.3) is 0 Å². The van der Waals surface area contributed by atoms with E-state index in [-0.39, 0.29) is 30.1 Å². The highest BCUT2D eigenvalue weighted by Gasteiger charge is 2.68. The number of carbonyl (C=O) groups excluding carboxylic acids is 2. The lowest BCUT2D eigenvalue weighted by atomic mass is 10.1. The van der Waals surface area contributed by atoms with Gasteiger partial charge in [-0.15, -0.1) is 34.5 Å². The maximum atomic E-state index is 12.5. The highest BCUT2D eigenvalue weighted by molar-refractivity contribution is 7.90. The van der Waals surface area contributed by atoms with Crippen LogP contribution in [0, 0.1) is 5.41 Å². The summed E-state index contributed by atoms with van der Waals surface area (Å²) in [6, 6.07) is 0. The molecule has 1 aliphatic carbocycles. The molecule has 0 saturated heterocycles. The largest absolute Gasteiger partial charge is 0.462 e. The molecule has 1 fully saturated rings. The Hall–Kier alpha value is -0.830. The molecule has 3 rings (SSSR count). The Labute approximate surface area is 159 Å². The molecule has 25 heavy (non-hydrogen) atoms. The van der Waals surface area contributed by atoms with Gasteiger partial charge in [0.05, 0.1) is 29.1 Å². The van der Waals surface area contributed by atoms with Crippen molar-refractivity contribution in [3.05, 3.63) is 16.0 Å². The van der Waals surface area contributed by atoms with Crippen LogP contribution in [-0.4, -0.2) is 37.0 Å². The van der Waals surface area contributed by atoms with Crippen LogP contribution in [0.2, 0.25) is 0 Å². The number of rotatable bonds is 4. The number of esters is 1. The summed E-state index contributed by atoms with van der Waals surface area (Å²) >= 11 is 13.2. The van der Waals surface area contributed by atoms with Gasteiger partial charge in [0.1, 0.15) is 9.33 Å². The monoisotopic (exact) mass is 425 g/mol. The highest BCUT2D eigenvalue weighted by Crippen LogP contribution is 2.64. The predicted octanol–water partition coefficient (Wildman–Crippen LogP) is 2.92. The molecule has 2 heterocycles. The molecule has 1 aliphatic heterocycles. The number of alkyl halides is 2. The van der Waals surface area contributed by atoms with Gasteiger partial charge in [-0.25, -0.2) is 13.2 Å². The summed E-state index contributed by atoms with van der Waals surface area (Å²) in [5.41, 5.74) is -0.0693. The number of sulfone groups is 1. The van der Waals surface area contributed by atoms with Crippen molar-refractivity contribution in [2.45, 2.75) is 36.8 Å². The van der Waals surface area contributed by atoms with Gasteiger partial charge in [0.15, 0.2) is 9.84 Å². The lowest BCUT2D eigenvalue weighted by Crippen LogP contribution is -2.26. The second kappa shape index (κ2) is 6.11. The number of amides is 1. The molecule has 0 bridgehead atoms. The topological polar surface area (TPSA) is 89.5 Å². The molecular weight excluding hydrogens is 409 g/mol. The minimum atomic E-state index is -3.20. The minimum absolute atomic E-state index is 0.0271. The SMILES string of the molecule is CCOC(=O)c1c(NC(=O)C2(C)CC2(Cl)Cl)sc2c1CCS(=O)(=O)C2. The van der Waals surface area contributed by atoms with Crippen molar-refractivity contribution in [2.24, 2.45) is 5.41 Å². The molecule has 2 aliphatic rings. The second-order valence-corrected chi connectivity index (χ2v) is 11.2. The molecule has 1 aromatic heterocycles. The molecule has 1 aromatic rings. The number of thiophene rings is 1. The number of carbonyl (C=O) groups is 2. The third kappa shape index (κ3) is 3.29. The van der Waals surface area contributed by atoms with Crippen molar-refractivity contribution in [1.82, 2.24) is 0 Å². The zero-order valence-corrected chi connectivity index (χ0v) is 16.8. The average Bonchev–Trinajstić information content (AvgIpc) is 2.85. The fourth-order valence-corrected chi connectivity index (χ4v) is 6.56. The maximum Gasteiger partial charge on any atom is 0.341 e. The van der Waals surface area contributed by atoms with E-state index < -0.39 is 31.5 Å². The molecule has 1 saturated carbocycles. The quantitative estimate of drug-likeness (QED) is 0.591. The summed E-state index contributed by atoms with van der Waals surface area (Å²) < 4.78 is 27.7. The van der Waals surface area contributed by atoms with Crippen molar-refractivity contribution in [1.29, 1.82) is 0 Å². The van der Waals surface area contributed by atoms with Crippen LogP contribution in [0.1, 0.15) is 41.1 Å². The van der Waals surface area contributed by atoms with E-state index in [1.807, 2.05) is 0 Å². The molecular formula is C15H17Cl2NO5S2. The van der Waals surface area contributed by atoms with Crippen molar-refractivity contribution < 1.29 is 22.7 Å². The molecule has 6 nitrogen and oxygen atoms in total. The van der Waals surface area contributed by atoms with Gasteiger partial charge < -0.3 is 10.1 Å².